The Hall–Kier alpha value is -1.21. The Balaban J connectivity index is 0.00000288. The van der Waals surface area contributed by atoms with Gasteiger partial charge in [-0.1, -0.05) is 0 Å². The number of hydrogen-bond donors (Lipinski definition) is 2. The molecule has 0 amide bonds. The molecular formula is C17H28ClNO5. The first-order valence-electron chi connectivity index (χ1n) is 7.86. The average molecular weight is 362 g/mol. The third-order valence-electron chi connectivity index (χ3n) is 3.35. The molecule has 7 heteroatoms. The molecule has 138 valence electrons. The number of nitrogens with one attached hydrogen (secondary N) is 1. The maximum atomic E-state index is 9.89. The van der Waals surface area contributed by atoms with Crippen LogP contribution in [0.5, 0.6) is 17.2 Å². The van der Waals surface area contributed by atoms with Gasteiger partial charge in [-0.15, -0.1) is 12.4 Å². The minimum atomic E-state index is -0.550. The fourth-order valence-corrected chi connectivity index (χ4v) is 2.12. The first-order chi connectivity index (χ1) is 10.9. The SMILES string of the molecule is COc1ccc2c(c1)OC(COCC(O)CNC(C)(C)C)CO2.Cl. The summed E-state index contributed by atoms with van der Waals surface area (Å²) in [6.45, 7) is 7.71. The first kappa shape index (κ1) is 20.8. The molecule has 2 rings (SSSR count). The zero-order valence-corrected chi connectivity index (χ0v) is 15.5. The van der Waals surface area contributed by atoms with E-state index >= 15 is 0 Å². The van der Waals surface area contributed by atoms with Crippen molar-refractivity contribution >= 4 is 12.4 Å². The third kappa shape index (κ3) is 6.73. The highest BCUT2D eigenvalue weighted by Gasteiger charge is 2.22. The molecule has 1 aliphatic rings. The number of hydrogen-bond acceptors (Lipinski definition) is 6. The predicted octanol–water partition coefficient (Wildman–Crippen LogP) is 2.02. The lowest BCUT2D eigenvalue weighted by Crippen LogP contribution is -2.42. The fraction of sp³-hybridized carbons (Fsp3) is 0.647. The zero-order chi connectivity index (χ0) is 16.9. The maximum absolute atomic E-state index is 9.89. The van der Waals surface area contributed by atoms with Crippen LogP contribution >= 0.6 is 12.4 Å². The van der Waals surface area contributed by atoms with E-state index in [0.717, 1.165) is 5.75 Å². The van der Waals surface area contributed by atoms with E-state index in [1.165, 1.54) is 0 Å². The number of rotatable bonds is 7. The van der Waals surface area contributed by atoms with Crippen molar-refractivity contribution in [1.82, 2.24) is 5.32 Å². The number of methoxy groups -OCH3 is 1. The summed E-state index contributed by atoms with van der Waals surface area (Å²) in [6.07, 6.45) is -0.747. The molecule has 0 radical (unpaired) electrons. The standard InChI is InChI=1S/C17H27NO5.ClH/c1-17(2,3)18-8-12(19)9-21-10-14-11-22-15-6-5-13(20-4)7-16(15)23-14;/h5-7,12,14,18-19H,8-11H2,1-4H3;1H. The highest BCUT2D eigenvalue weighted by atomic mass is 35.5. The second-order valence-electron chi connectivity index (χ2n) is 6.69. The molecule has 1 aliphatic heterocycles. The van der Waals surface area contributed by atoms with Crippen LogP contribution in [0, 0.1) is 0 Å². The molecule has 0 saturated carbocycles. The molecule has 2 atom stereocenters. The van der Waals surface area contributed by atoms with Crippen LogP contribution in [0.4, 0.5) is 0 Å². The highest BCUT2D eigenvalue weighted by molar-refractivity contribution is 5.85. The molecule has 6 nitrogen and oxygen atoms in total. The van der Waals surface area contributed by atoms with Crippen molar-refractivity contribution in [3.05, 3.63) is 18.2 Å². The zero-order valence-electron chi connectivity index (χ0n) is 14.7. The highest BCUT2D eigenvalue weighted by Crippen LogP contribution is 2.34. The van der Waals surface area contributed by atoms with Crippen molar-refractivity contribution in [2.75, 3.05) is 33.5 Å². The molecule has 0 spiro atoms. The maximum Gasteiger partial charge on any atom is 0.165 e. The second-order valence-corrected chi connectivity index (χ2v) is 6.69. The van der Waals surface area contributed by atoms with Crippen molar-refractivity contribution in [1.29, 1.82) is 0 Å². The van der Waals surface area contributed by atoms with E-state index in [1.54, 1.807) is 13.2 Å². The van der Waals surface area contributed by atoms with Crippen LogP contribution in [0.25, 0.3) is 0 Å². The summed E-state index contributed by atoms with van der Waals surface area (Å²) in [5.74, 6) is 2.08. The molecule has 24 heavy (non-hydrogen) atoms. The van der Waals surface area contributed by atoms with E-state index in [-0.39, 0.29) is 30.7 Å². The van der Waals surface area contributed by atoms with Gasteiger partial charge in [0.05, 0.1) is 26.4 Å². The number of fused-ring (bicyclic) bond motifs is 1. The Kier molecular flexibility index (Phi) is 8.09. The van der Waals surface area contributed by atoms with Crippen molar-refractivity contribution in [3.8, 4) is 17.2 Å². The predicted molar refractivity (Wildman–Crippen MR) is 94.7 cm³/mol. The van der Waals surface area contributed by atoms with Gasteiger partial charge in [0.2, 0.25) is 0 Å². The molecular weight excluding hydrogens is 334 g/mol. The molecule has 1 aromatic rings. The quantitative estimate of drug-likeness (QED) is 0.774. The largest absolute Gasteiger partial charge is 0.497 e. The average Bonchev–Trinajstić information content (AvgIpc) is 2.51. The number of β-amino-alcohol motifs (C(OH)–C–C–N with tert-alkyl or cyclic N) is 1. The lowest BCUT2D eigenvalue weighted by atomic mass is 10.1. The van der Waals surface area contributed by atoms with Crippen molar-refractivity contribution in [2.24, 2.45) is 0 Å². The minimum absolute atomic E-state index is 0. The van der Waals surface area contributed by atoms with Crippen LogP contribution in [-0.2, 0) is 4.74 Å². The minimum Gasteiger partial charge on any atom is -0.497 e. The fourth-order valence-electron chi connectivity index (χ4n) is 2.12. The van der Waals surface area contributed by atoms with E-state index in [4.69, 9.17) is 18.9 Å². The van der Waals surface area contributed by atoms with Crippen molar-refractivity contribution in [2.45, 2.75) is 38.5 Å². The third-order valence-corrected chi connectivity index (χ3v) is 3.35. The number of halogens is 1. The van der Waals surface area contributed by atoms with Gasteiger partial charge >= 0.3 is 0 Å². The lowest BCUT2D eigenvalue weighted by Gasteiger charge is -2.27. The van der Waals surface area contributed by atoms with Gasteiger partial charge in [0.15, 0.2) is 17.6 Å². The van der Waals surface area contributed by atoms with Gasteiger partial charge in [0.25, 0.3) is 0 Å². The molecule has 0 fully saturated rings. The van der Waals surface area contributed by atoms with Gasteiger partial charge in [-0.3, -0.25) is 0 Å². The van der Waals surface area contributed by atoms with E-state index in [9.17, 15) is 5.11 Å². The lowest BCUT2D eigenvalue weighted by molar-refractivity contribution is -0.0222. The number of ether oxygens (including phenoxy) is 4. The van der Waals surface area contributed by atoms with E-state index in [0.29, 0.717) is 31.3 Å². The van der Waals surface area contributed by atoms with E-state index in [2.05, 4.69) is 26.1 Å². The first-order valence-corrected chi connectivity index (χ1v) is 7.86. The van der Waals surface area contributed by atoms with Crippen LogP contribution in [0.3, 0.4) is 0 Å². The van der Waals surface area contributed by atoms with Crippen LogP contribution in [0.2, 0.25) is 0 Å². The molecule has 0 saturated heterocycles. The molecule has 2 unspecified atom stereocenters. The summed E-state index contributed by atoms with van der Waals surface area (Å²) in [4.78, 5) is 0. The molecule has 2 N–H and O–H groups in total. The topological polar surface area (TPSA) is 69.2 Å². The summed E-state index contributed by atoms with van der Waals surface area (Å²) in [5.41, 5.74) is -0.0237. The Bertz CT molecular complexity index is 506. The molecule has 1 aromatic carbocycles. The van der Waals surface area contributed by atoms with Gasteiger partial charge in [-0.25, -0.2) is 0 Å². The summed E-state index contributed by atoms with van der Waals surface area (Å²) in [6, 6.07) is 5.45. The molecule has 0 bridgehead atoms. The van der Waals surface area contributed by atoms with Crippen molar-refractivity contribution in [3.63, 3.8) is 0 Å². The monoisotopic (exact) mass is 361 g/mol. The van der Waals surface area contributed by atoms with Gasteiger partial charge in [-0.05, 0) is 32.9 Å². The Morgan fingerprint density at radius 1 is 1.33 bits per heavy atom. The Morgan fingerprint density at radius 2 is 2.08 bits per heavy atom. The molecule has 1 heterocycles. The summed E-state index contributed by atoms with van der Waals surface area (Å²) in [5, 5.41) is 13.1. The summed E-state index contributed by atoms with van der Waals surface area (Å²) < 4.78 is 22.2. The molecule has 0 aliphatic carbocycles. The molecule has 0 aromatic heterocycles. The van der Waals surface area contributed by atoms with Crippen LogP contribution in [-0.4, -0.2) is 56.3 Å². The van der Waals surface area contributed by atoms with Crippen LogP contribution < -0.4 is 19.5 Å². The van der Waals surface area contributed by atoms with Gasteiger partial charge in [0.1, 0.15) is 12.4 Å². The van der Waals surface area contributed by atoms with Gasteiger partial charge < -0.3 is 29.4 Å². The van der Waals surface area contributed by atoms with Gasteiger partial charge in [-0.2, -0.15) is 0 Å². The number of aliphatic hydroxyl groups is 1. The van der Waals surface area contributed by atoms with Crippen LogP contribution in [0.1, 0.15) is 20.8 Å². The Labute approximate surface area is 149 Å². The number of benzene rings is 1. The number of aliphatic hydroxyl groups excluding tert-OH is 1. The summed E-state index contributed by atoms with van der Waals surface area (Å²) in [7, 11) is 1.61. The van der Waals surface area contributed by atoms with Crippen molar-refractivity contribution < 1.29 is 24.1 Å². The van der Waals surface area contributed by atoms with E-state index < -0.39 is 6.10 Å². The van der Waals surface area contributed by atoms with E-state index in [1.807, 2.05) is 12.1 Å². The smallest absolute Gasteiger partial charge is 0.165 e. The van der Waals surface area contributed by atoms with Gasteiger partial charge in [0, 0.05) is 18.2 Å². The second kappa shape index (κ2) is 9.32. The summed E-state index contributed by atoms with van der Waals surface area (Å²) >= 11 is 0. The Morgan fingerprint density at radius 3 is 2.75 bits per heavy atom. The normalized spacial score (nSPS) is 17.8. The van der Waals surface area contributed by atoms with Crippen LogP contribution in [0.15, 0.2) is 18.2 Å².